The highest BCUT2D eigenvalue weighted by molar-refractivity contribution is 5.79. The maximum absolute atomic E-state index is 12.3. The normalized spacial score (nSPS) is 30.8. The molecule has 0 bridgehead atoms. The molecule has 2 heterocycles. The van der Waals surface area contributed by atoms with Gasteiger partial charge in [0.05, 0.1) is 18.6 Å². The second-order valence-corrected chi connectivity index (χ2v) is 5.08. The van der Waals surface area contributed by atoms with Crippen molar-refractivity contribution in [1.29, 1.82) is 0 Å². The molecule has 2 atom stereocenters. The number of rotatable bonds is 3. The minimum Gasteiger partial charge on any atom is -0.373 e. The number of morpholine rings is 1. The van der Waals surface area contributed by atoms with E-state index in [0.29, 0.717) is 12.5 Å². The molecule has 0 aliphatic carbocycles. The van der Waals surface area contributed by atoms with Crippen LogP contribution in [0.5, 0.6) is 0 Å². The third-order valence-electron chi connectivity index (χ3n) is 3.62. The first-order valence-electron chi connectivity index (χ1n) is 6.44. The Hall–Kier alpha value is -0.650. The molecule has 0 aromatic carbocycles. The van der Waals surface area contributed by atoms with Crippen molar-refractivity contribution in [2.45, 2.75) is 12.5 Å². The van der Waals surface area contributed by atoms with E-state index in [2.05, 4.69) is 17.3 Å². The summed E-state index contributed by atoms with van der Waals surface area (Å²) < 4.78 is 5.62. The molecule has 5 nitrogen and oxygen atoms in total. The average molecular weight is 241 g/mol. The molecule has 0 aromatic heterocycles. The Bertz CT molecular complexity index is 270. The van der Waals surface area contributed by atoms with E-state index in [9.17, 15) is 4.79 Å². The highest BCUT2D eigenvalue weighted by atomic mass is 16.5. The van der Waals surface area contributed by atoms with Gasteiger partial charge in [-0.15, -0.1) is 0 Å². The van der Waals surface area contributed by atoms with Crippen molar-refractivity contribution in [3.05, 3.63) is 0 Å². The fourth-order valence-corrected chi connectivity index (χ4v) is 2.67. The summed E-state index contributed by atoms with van der Waals surface area (Å²) in [6.07, 6.45) is 1.15. The summed E-state index contributed by atoms with van der Waals surface area (Å²) >= 11 is 0. The summed E-state index contributed by atoms with van der Waals surface area (Å²) in [4.78, 5) is 16.5. The smallest absolute Gasteiger partial charge is 0.227 e. The van der Waals surface area contributed by atoms with Gasteiger partial charge in [0, 0.05) is 26.2 Å². The van der Waals surface area contributed by atoms with Gasteiger partial charge in [0.25, 0.3) is 0 Å². The van der Waals surface area contributed by atoms with E-state index in [1.54, 1.807) is 0 Å². The van der Waals surface area contributed by atoms with Crippen LogP contribution in [-0.4, -0.2) is 75.2 Å². The minimum absolute atomic E-state index is 0.150. The average Bonchev–Trinajstić information content (AvgIpc) is 2.76. The molecule has 5 heteroatoms. The van der Waals surface area contributed by atoms with E-state index in [1.807, 2.05) is 11.9 Å². The first-order valence-corrected chi connectivity index (χ1v) is 6.44. The van der Waals surface area contributed by atoms with Gasteiger partial charge in [-0.1, -0.05) is 0 Å². The van der Waals surface area contributed by atoms with Crippen LogP contribution in [0.1, 0.15) is 6.42 Å². The number of carbonyl (C=O) groups excluding carboxylic acids is 1. The van der Waals surface area contributed by atoms with Crippen LogP contribution < -0.4 is 5.32 Å². The molecule has 0 aromatic rings. The first-order chi connectivity index (χ1) is 8.20. The molecule has 2 fully saturated rings. The van der Waals surface area contributed by atoms with Gasteiger partial charge in [0.15, 0.2) is 0 Å². The van der Waals surface area contributed by atoms with Crippen molar-refractivity contribution in [3.8, 4) is 0 Å². The van der Waals surface area contributed by atoms with Crippen LogP contribution in [0.4, 0.5) is 0 Å². The topological polar surface area (TPSA) is 44.8 Å². The molecule has 98 valence electrons. The summed E-state index contributed by atoms with van der Waals surface area (Å²) in [5, 5.41) is 3.10. The van der Waals surface area contributed by atoms with Crippen LogP contribution in [0.15, 0.2) is 0 Å². The first kappa shape index (κ1) is 12.8. The van der Waals surface area contributed by atoms with Crippen molar-refractivity contribution in [2.75, 3.05) is 53.4 Å². The number of hydrogen-bond acceptors (Lipinski definition) is 4. The lowest BCUT2D eigenvalue weighted by Crippen LogP contribution is -2.50. The van der Waals surface area contributed by atoms with E-state index in [4.69, 9.17) is 4.74 Å². The van der Waals surface area contributed by atoms with Crippen LogP contribution >= 0.6 is 0 Å². The highest BCUT2D eigenvalue weighted by Crippen LogP contribution is 2.18. The van der Waals surface area contributed by atoms with Gasteiger partial charge >= 0.3 is 0 Å². The van der Waals surface area contributed by atoms with E-state index < -0.39 is 0 Å². The zero-order valence-electron chi connectivity index (χ0n) is 10.8. The zero-order chi connectivity index (χ0) is 12.3. The molecule has 2 unspecified atom stereocenters. The van der Waals surface area contributed by atoms with Crippen molar-refractivity contribution in [2.24, 2.45) is 5.92 Å². The van der Waals surface area contributed by atoms with E-state index in [-0.39, 0.29) is 12.0 Å². The van der Waals surface area contributed by atoms with Crippen LogP contribution in [0.3, 0.4) is 0 Å². The van der Waals surface area contributed by atoms with Crippen molar-refractivity contribution >= 4 is 5.91 Å². The Morgan fingerprint density at radius 3 is 2.88 bits per heavy atom. The zero-order valence-corrected chi connectivity index (χ0v) is 10.8. The number of nitrogens with zero attached hydrogens (tertiary/aromatic N) is 2. The number of ether oxygens (including phenoxy) is 1. The number of carbonyl (C=O) groups is 1. The fraction of sp³-hybridized carbons (Fsp3) is 0.917. The summed E-state index contributed by atoms with van der Waals surface area (Å²) in [6, 6.07) is 0. The molecule has 0 saturated carbocycles. The summed E-state index contributed by atoms with van der Waals surface area (Å²) in [5.74, 6) is 0.520. The molecule has 0 spiro atoms. The molecule has 2 aliphatic rings. The molecular formula is C12H23N3O2. The maximum atomic E-state index is 12.3. The maximum Gasteiger partial charge on any atom is 0.227 e. The Labute approximate surface area is 103 Å². The van der Waals surface area contributed by atoms with Gasteiger partial charge in [0.2, 0.25) is 5.91 Å². The second kappa shape index (κ2) is 5.80. The highest BCUT2D eigenvalue weighted by Gasteiger charge is 2.32. The monoisotopic (exact) mass is 241 g/mol. The van der Waals surface area contributed by atoms with E-state index >= 15 is 0 Å². The number of amides is 1. The Kier molecular flexibility index (Phi) is 4.36. The SMILES string of the molecule is CNCC1CN(C(=O)C2CCN(C)C2)CCO1. The predicted molar refractivity (Wildman–Crippen MR) is 65.9 cm³/mol. The molecular weight excluding hydrogens is 218 g/mol. The van der Waals surface area contributed by atoms with Crippen LogP contribution in [-0.2, 0) is 9.53 Å². The Morgan fingerprint density at radius 2 is 2.24 bits per heavy atom. The van der Waals surface area contributed by atoms with Crippen LogP contribution in [0.2, 0.25) is 0 Å². The van der Waals surface area contributed by atoms with Crippen molar-refractivity contribution in [3.63, 3.8) is 0 Å². The second-order valence-electron chi connectivity index (χ2n) is 5.08. The molecule has 2 aliphatic heterocycles. The largest absolute Gasteiger partial charge is 0.373 e. The number of hydrogen-bond donors (Lipinski definition) is 1. The van der Waals surface area contributed by atoms with Gasteiger partial charge < -0.3 is 19.9 Å². The van der Waals surface area contributed by atoms with Crippen molar-refractivity contribution in [1.82, 2.24) is 15.1 Å². The van der Waals surface area contributed by atoms with Gasteiger partial charge in [-0.05, 0) is 27.1 Å². The number of nitrogens with one attached hydrogen (secondary N) is 1. The van der Waals surface area contributed by atoms with Crippen LogP contribution in [0, 0.1) is 5.92 Å². The Morgan fingerprint density at radius 1 is 1.41 bits per heavy atom. The quantitative estimate of drug-likeness (QED) is 0.715. The summed E-state index contributed by atoms with van der Waals surface area (Å²) in [5.41, 5.74) is 0. The summed E-state index contributed by atoms with van der Waals surface area (Å²) in [7, 11) is 3.99. The molecule has 0 radical (unpaired) electrons. The lowest BCUT2D eigenvalue weighted by Gasteiger charge is -2.34. The number of likely N-dealkylation sites (N-methyl/N-ethyl adjacent to an activating group) is 1. The van der Waals surface area contributed by atoms with Gasteiger partial charge in [0.1, 0.15) is 0 Å². The molecule has 1 N–H and O–H groups in total. The van der Waals surface area contributed by atoms with E-state index in [0.717, 1.165) is 39.1 Å². The Balaban J connectivity index is 1.86. The molecule has 2 saturated heterocycles. The van der Waals surface area contributed by atoms with Gasteiger partial charge in [-0.2, -0.15) is 0 Å². The standard InChI is InChI=1S/C12H23N3O2/c1-13-7-11-9-15(5-6-17-11)12(16)10-3-4-14(2)8-10/h10-11,13H,3-9H2,1-2H3. The third kappa shape index (κ3) is 3.18. The molecule has 1 amide bonds. The lowest BCUT2D eigenvalue weighted by molar-refractivity contribution is -0.142. The third-order valence-corrected chi connectivity index (χ3v) is 3.62. The van der Waals surface area contributed by atoms with Gasteiger partial charge in [-0.3, -0.25) is 4.79 Å². The summed E-state index contributed by atoms with van der Waals surface area (Å²) in [6.45, 7) is 4.92. The lowest BCUT2D eigenvalue weighted by atomic mass is 10.1. The van der Waals surface area contributed by atoms with Crippen LogP contribution in [0.25, 0.3) is 0 Å². The predicted octanol–water partition coefficient (Wildman–Crippen LogP) is -0.615. The van der Waals surface area contributed by atoms with Crippen molar-refractivity contribution < 1.29 is 9.53 Å². The van der Waals surface area contributed by atoms with Gasteiger partial charge in [-0.25, -0.2) is 0 Å². The fourth-order valence-electron chi connectivity index (χ4n) is 2.67. The van der Waals surface area contributed by atoms with E-state index in [1.165, 1.54) is 0 Å². The minimum atomic E-state index is 0.150. The molecule has 2 rings (SSSR count). The molecule has 17 heavy (non-hydrogen) atoms. The number of likely N-dealkylation sites (tertiary alicyclic amines) is 1.